The molecule has 1 N–H and O–H groups in total. The van der Waals surface area contributed by atoms with Gasteiger partial charge in [0.05, 0.1) is 21.3 Å². The molecular formula is C25H22N4O2S2. The van der Waals surface area contributed by atoms with E-state index in [0.717, 1.165) is 41.1 Å². The molecule has 0 unspecified atom stereocenters. The van der Waals surface area contributed by atoms with E-state index >= 15 is 0 Å². The molecule has 8 heteroatoms. The quantitative estimate of drug-likeness (QED) is 0.404. The van der Waals surface area contributed by atoms with E-state index in [1.54, 1.807) is 17.4 Å². The van der Waals surface area contributed by atoms with Crippen molar-refractivity contribution in [2.75, 3.05) is 26.2 Å². The number of amides is 1. The summed E-state index contributed by atoms with van der Waals surface area (Å²) in [5.41, 5.74) is 3.31. The lowest BCUT2D eigenvalue weighted by molar-refractivity contribution is 0.0950. The number of rotatable bonds is 5. The number of carbonyl (C=O) groups is 1. The number of likely N-dealkylation sites (tertiary alicyclic amines) is 1. The van der Waals surface area contributed by atoms with Crippen molar-refractivity contribution in [1.29, 1.82) is 0 Å². The minimum atomic E-state index is -0.313. The van der Waals surface area contributed by atoms with Crippen LogP contribution in [-0.4, -0.2) is 46.4 Å². The summed E-state index contributed by atoms with van der Waals surface area (Å²) in [5, 5.41) is 7.51. The van der Waals surface area contributed by atoms with Gasteiger partial charge in [0, 0.05) is 24.0 Å². The number of nitrogens with one attached hydrogen (secondary N) is 1. The third-order valence-electron chi connectivity index (χ3n) is 6.24. The molecular weight excluding hydrogens is 452 g/mol. The first kappa shape index (κ1) is 20.5. The lowest BCUT2D eigenvalue weighted by Crippen LogP contribution is -2.35. The number of nitrogens with zero attached hydrogens (tertiary/aromatic N) is 3. The highest BCUT2D eigenvalue weighted by atomic mass is 32.1. The smallest absolute Gasteiger partial charge is 0.258 e. The van der Waals surface area contributed by atoms with E-state index in [0.29, 0.717) is 22.4 Å². The topological polar surface area (TPSA) is 66.7 Å². The highest BCUT2D eigenvalue weighted by Crippen LogP contribution is 2.31. The van der Waals surface area contributed by atoms with E-state index in [2.05, 4.69) is 10.2 Å². The van der Waals surface area contributed by atoms with Crippen LogP contribution in [0.1, 0.15) is 23.2 Å². The lowest BCUT2D eigenvalue weighted by atomic mass is 10.1. The molecule has 4 aromatic heterocycles. The molecule has 1 fully saturated rings. The number of benzene rings is 1. The number of carbonyl (C=O) groups excluding carboxylic acids is 1. The fraction of sp³-hybridized carbons (Fsp3) is 0.240. The molecule has 0 atom stereocenters. The Hall–Kier alpha value is -3.07. The molecule has 5 heterocycles. The van der Waals surface area contributed by atoms with Gasteiger partial charge in [-0.05, 0) is 61.6 Å². The van der Waals surface area contributed by atoms with Crippen molar-refractivity contribution in [3.63, 3.8) is 0 Å². The Morgan fingerprint density at radius 1 is 1.09 bits per heavy atom. The number of thiazole rings is 1. The van der Waals surface area contributed by atoms with Gasteiger partial charge in [0.15, 0.2) is 0 Å². The third kappa shape index (κ3) is 3.55. The molecule has 0 saturated carbocycles. The largest absolute Gasteiger partial charge is 0.351 e. The standard InChI is InChI=1S/C25H22N4O2S2/c30-22-17-7-8-18(16-9-14-32-15-16)27-23(17)29-19-5-1-2-6-20(19)33-25(29)21(22)24(31)26-10-13-28-11-3-4-12-28/h1-2,5-9,14-15H,3-4,10-13H2,(H,26,31). The first-order chi connectivity index (χ1) is 16.2. The molecule has 1 aliphatic heterocycles. The van der Waals surface area contributed by atoms with Crippen molar-refractivity contribution in [2.45, 2.75) is 12.8 Å². The Morgan fingerprint density at radius 2 is 1.94 bits per heavy atom. The third-order valence-corrected chi connectivity index (χ3v) is 8.07. The molecule has 6 nitrogen and oxygen atoms in total. The molecule has 0 aliphatic carbocycles. The second-order valence-corrected chi connectivity index (χ2v) is 10.1. The van der Waals surface area contributed by atoms with Crippen molar-refractivity contribution in [3.8, 4) is 11.3 Å². The summed E-state index contributed by atoms with van der Waals surface area (Å²) in [6, 6.07) is 13.7. The molecule has 1 aromatic carbocycles. The number of para-hydroxylation sites is 1. The second-order valence-electron chi connectivity index (χ2n) is 8.30. The Morgan fingerprint density at radius 3 is 2.76 bits per heavy atom. The predicted octanol–water partition coefficient (Wildman–Crippen LogP) is 4.62. The van der Waals surface area contributed by atoms with Crippen LogP contribution in [0.2, 0.25) is 0 Å². The van der Waals surface area contributed by atoms with Gasteiger partial charge in [-0.25, -0.2) is 4.98 Å². The minimum Gasteiger partial charge on any atom is -0.351 e. The average molecular weight is 475 g/mol. The van der Waals surface area contributed by atoms with Crippen LogP contribution in [-0.2, 0) is 0 Å². The maximum Gasteiger partial charge on any atom is 0.258 e. The van der Waals surface area contributed by atoms with Gasteiger partial charge in [-0.1, -0.05) is 12.1 Å². The van der Waals surface area contributed by atoms with Crippen LogP contribution in [0.5, 0.6) is 0 Å². The summed E-state index contributed by atoms with van der Waals surface area (Å²) in [7, 11) is 0. The summed E-state index contributed by atoms with van der Waals surface area (Å²) < 4.78 is 2.99. The van der Waals surface area contributed by atoms with Crippen LogP contribution in [0, 0.1) is 0 Å². The number of hydrogen-bond acceptors (Lipinski definition) is 6. The van der Waals surface area contributed by atoms with Crippen LogP contribution < -0.4 is 10.7 Å². The van der Waals surface area contributed by atoms with Gasteiger partial charge in [-0.2, -0.15) is 11.3 Å². The van der Waals surface area contributed by atoms with E-state index in [-0.39, 0.29) is 16.9 Å². The van der Waals surface area contributed by atoms with Gasteiger partial charge in [0.1, 0.15) is 16.0 Å². The lowest BCUT2D eigenvalue weighted by Gasteiger charge is -2.15. The predicted molar refractivity (Wildman–Crippen MR) is 136 cm³/mol. The molecule has 1 saturated heterocycles. The van der Waals surface area contributed by atoms with Crippen molar-refractivity contribution < 1.29 is 4.79 Å². The monoisotopic (exact) mass is 474 g/mol. The molecule has 0 spiro atoms. The average Bonchev–Trinajstić information content (AvgIpc) is 3.59. The van der Waals surface area contributed by atoms with Gasteiger partial charge in [0.25, 0.3) is 5.91 Å². The Balaban J connectivity index is 1.52. The number of thiophene rings is 1. The van der Waals surface area contributed by atoms with Gasteiger partial charge in [0.2, 0.25) is 5.43 Å². The molecule has 166 valence electrons. The van der Waals surface area contributed by atoms with E-state index in [1.807, 2.05) is 51.6 Å². The molecule has 1 amide bonds. The highest BCUT2D eigenvalue weighted by Gasteiger charge is 2.23. The zero-order chi connectivity index (χ0) is 22.4. The Bertz CT molecular complexity index is 1550. The molecule has 1 aliphatic rings. The first-order valence-electron chi connectivity index (χ1n) is 11.1. The summed E-state index contributed by atoms with van der Waals surface area (Å²) in [4.78, 5) is 34.7. The van der Waals surface area contributed by atoms with Gasteiger partial charge >= 0.3 is 0 Å². The first-order valence-corrected chi connectivity index (χ1v) is 12.9. The van der Waals surface area contributed by atoms with Crippen molar-refractivity contribution in [3.05, 3.63) is 69.0 Å². The fourth-order valence-corrected chi connectivity index (χ4v) is 6.41. The van der Waals surface area contributed by atoms with E-state index in [9.17, 15) is 9.59 Å². The highest BCUT2D eigenvalue weighted by molar-refractivity contribution is 7.24. The van der Waals surface area contributed by atoms with Crippen LogP contribution >= 0.6 is 22.7 Å². The maximum absolute atomic E-state index is 13.6. The van der Waals surface area contributed by atoms with Gasteiger partial charge in [-0.15, -0.1) is 11.3 Å². The van der Waals surface area contributed by atoms with Crippen LogP contribution in [0.25, 0.3) is 37.3 Å². The summed E-state index contributed by atoms with van der Waals surface area (Å²) in [6.45, 7) is 3.49. The van der Waals surface area contributed by atoms with Gasteiger partial charge < -0.3 is 10.2 Å². The van der Waals surface area contributed by atoms with E-state index in [4.69, 9.17) is 4.98 Å². The molecule has 0 radical (unpaired) electrons. The van der Waals surface area contributed by atoms with Crippen molar-refractivity contribution in [1.82, 2.24) is 19.6 Å². The zero-order valence-electron chi connectivity index (χ0n) is 17.9. The molecule has 5 aromatic rings. The van der Waals surface area contributed by atoms with E-state index < -0.39 is 0 Å². The van der Waals surface area contributed by atoms with Crippen molar-refractivity contribution >= 4 is 54.7 Å². The molecule has 33 heavy (non-hydrogen) atoms. The second kappa shape index (κ2) is 8.37. The maximum atomic E-state index is 13.6. The van der Waals surface area contributed by atoms with E-state index in [1.165, 1.54) is 24.2 Å². The van der Waals surface area contributed by atoms with Crippen LogP contribution in [0.15, 0.2) is 58.0 Å². The number of fused-ring (bicyclic) bond motifs is 5. The minimum absolute atomic E-state index is 0.204. The Labute approximate surface area is 198 Å². The Kier molecular flexibility index (Phi) is 5.21. The molecule has 6 rings (SSSR count). The fourth-order valence-electron chi connectivity index (χ4n) is 4.58. The van der Waals surface area contributed by atoms with Crippen LogP contribution in [0.4, 0.5) is 0 Å². The van der Waals surface area contributed by atoms with Gasteiger partial charge in [-0.3, -0.25) is 14.0 Å². The molecule has 0 bridgehead atoms. The number of aromatic nitrogens is 2. The number of hydrogen-bond donors (Lipinski definition) is 1. The summed E-state index contributed by atoms with van der Waals surface area (Å²) >= 11 is 3.07. The van der Waals surface area contributed by atoms with Crippen molar-refractivity contribution in [2.24, 2.45) is 0 Å². The summed E-state index contributed by atoms with van der Waals surface area (Å²) in [6.07, 6.45) is 2.42. The normalized spacial score (nSPS) is 14.5. The van der Waals surface area contributed by atoms with Crippen LogP contribution in [0.3, 0.4) is 0 Å². The summed E-state index contributed by atoms with van der Waals surface area (Å²) in [5.74, 6) is -0.313. The zero-order valence-corrected chi connectivity index (χ0v) is 19.5. The SMILES string of the molecule is O=C(NCCN1CCCC1)c1c(=O)c2ccc(-c3ccsc3)nc2n2c1sc1ccccc12. The number of pyridine rings is 2.